The van der Waals surface area contributed by atoms with Crippen LogP contribution in [0.25, 0.3) is 0 Å². The van der Waals surface area contributed by atoms with E-state index in [0.29, 0.717) is 32.6 Å². The summed E-state index contributed by atoms with van der Waals surface area (Å²) in [6.45, 7) is 4.96. The lowest BCUT2D eigenvalue weighted by Gasteiger charge is -2.35. The van der Waals surface area contributed by atoms with E-state index in [9.17, 15) is 13.2 Å². The van der Waals surface area contributed by atoms with Gasteiger partial charge in [-0.3, -0.25) is 9.69 Å². The van der Waals surface area contributed by atoms with Crippen LogP contribution in [-0.4, -0.2) is 70.5 Å². The molecule has 31 heavy (non-hydrogen) atoms. The summed E-state index contributed by atoms with van der Waals surface area (Å²) in [5.41, 5.74) is 3.07. The van der Waals surface area contributed by atoms with Crippen LogP contribution in [0.1, 0.15) is 11.1 Å². The Bertz CT molecular complexity index is 1050. The Morgan fingerprint density at radius 1 is 1.03 bits per heavy atom. The number of hydrogen-bond donors (Lipinski definition) is 1. The number of amides is 1. The molecule has 0 aromatic heterocycles. The number of nitrogens with zero attached hydrogens (tertiary/aromatic N) is 3. The maximum absolute atomic E-state index is 12.9. The van der Waals surface area contributed by atoms with Gasteiger partial charge in [0.25, 0.3) is 0 Å². The van der Waals surface area contributed by atoms with E-state index in [0.717, 1.165) is 36.6 Å². The van der Waals surface area contributed by atoms with E-state index in [1.807, 2.05) is 21.9 Å². The molecule has 0 radical (unpaired) electrons. The van der Waals surface area contributed by atoms with Crippen molar-refractivity contribution in [3.63, 3.8) is 0 Å². The number of methoxy groups -OCH3 is 1. The van der Waals surface area contributed by atoms with E-state index in [-0.39, 0.29) is 10.8 Å². The summed E-state index contributed by atoms with van der Waals surface area (Å²) in [7, 11) is -2.06. The first-order chi connectivity index (χ1) is 14.8. The molecule has 0 spiro atoms. The number of rotatable bonds is 6. The predicted octanol–water partition coefficient (Wildman–Crippen LogP) is 1.05. The van der Waals surface area contributed by atoms with E-state index in [2.05, 4.69) is 17.0 Å². The maximum Gasteiger partial charge on any atom is 0.242 e. The Labute approximate surface area is 183 Å². The fourth-order valence-electron chi connectivity index (χ4n) is 4.20. The van der Waals surface area contributed by atoms with Crippen molar-refractivity contribution in [2.75, 3.05) is 51.3 Å². The maximum atomic E-state index is 12.9. The lowest BCUT2D eigenvalue weighted by molar-refractivity contribution is -0.131. The van der Waals surface area contributed by atoms with Crippen molar-refractivity contribution in [2.45, 2.75) is 17.9 Å². The van der Waals surface area contributed by atoms with E-state index >= 15 is 0 Å². The highest BCUT2D eigenvalue weighted by atomic mass is 32.2. The monoisotopic (exact) mass is 444 g/mol. The number of sulfonamides is 1. The summed E-state index contributed by atoms with van der Waals surface area (Å²) in [4.78, 5) is 19.3. The van der Waals surface area contributed by atoms with Gasteiger partial charge in [-0.25, -0.2) is 13.6 Å². The van der Waals surface area contributed by atoms with Gasteiger partial charge in [0.2, 0.25) is 15.9 Å². The lowest BCUT2D eigenvalue weighted by atomic mass is 10.2. The molecule has 8 nitrogen and oxygen atoms in total. The van der Waals surface area contributed by atoms with Crippen LogP contribution in [0.15, 0.2) is 47.4 Å². The first-order valence-electron chi connectivity index (χ1n) is 10.4. The van der Waals surface area contributed by atoms with Gasteiger partial charge in [-0.15, -0.1) is 0 Å². The summed E-state index contributed by atoms with van der Waals surface area (Å²) < 4.78 is 28.3. The third-order valence-corrected chi connectivity index (χ3v) is 6.90. The Morgan fingerprint density at radius 3 is 2.39 bits per heavy atom. The van der Waals surface area contributed by atoms with Crippen molar-refractivity contribution in [1.82, 2.24) is 9.80 Å². The molecule has 1 amide bonds. The second-order valence-corrected chi connectivity index (χ2v) is 9.57. The van der Waals surface area contributed by atoms with Crippen LogP contribution in [0.4, 0.5) is 5.69 Å². The van der Waals surface area contributed by atoms with E-state index < -0.39 is 10.0 Å². The quantitative estimate of drug-likeness (QED) is 0.716. The van der Waals surface area contributed by atoms with Crippen molar-refractivity contribution in [2.24, 2.45) is 5.14 Å². The first-order valence-corrected chi connectivity index (χ1v) is 11.9. The van der Waals surface area contributed by atoms with Gasteiger partial charge in [-0.05, 0) is 47.9 Å². The zero-order valence-electron chi connectivity index (χ0n) is 17.7. The summed E-state index contributed by atoms with van der Waals surface area (Å²) in [5.74, 6) is 0.955. The highest BCUT2D eigenvalue weighted by molar-refractivity contribution is 7.89. The number of carbonyl (C=O) groups is 1. The third kappa shape index (κ3) is 5.00. The minimum atomic E-state index is -3.72. The highest BCUT2D eigenvalue weighted by Crippen LogP contribution is 2.29. The SMILES string of the molecule is COc1ccc(CN2CCN(C(=O)CN3CCc4cc(S(N)(=O)=O)ccc43)CC2)cc1. The molecule has 2 aliphatic rings. The van der Waals surface area contributed by atoms with Gasteiger partial charge in [0.15, 0.2) is 0 Å². The number of ether oxygens (including phenoxy) is 1. The molecular formula is C22H28N4O4S. The number of fused-ring (bicyclic) bond motifs is 1. The highest BCUT2D eigenvalue weighted by Gasteiger charge is 2.27. The Hall–Kier alpha value is -2.62. The molecule has 0 saturated carbocycles. The van der Waals surface area contributed by atoms with Crippen molar-refractivity contribution >= 4 is 21.6 Å². The van der Waals surface area contributed by atoms with Crippen LogP contribution in [0, 0.1) is 0 Å². The fourth-order valence-corrected chi connectivity index (χ4v) is 4.76. The van der Waals surface area contributed by atoms with Crippen LogP contribution >= 0.6 is 0 Å². The van der Waals surface area contributed by atoms with Gasteiger partial charge in [-0.2, -0.15) is 0 Å². The summed E-state index contributed by atoms with van der Waals surface area (Å²) in [6.07, 6.45) is 0.710. The average molecular weight is 445 g/mol. The number of carbonyl (C=O) groups excluding carboxylic acids is 1. The van der Waals surface area contributed by atoms with E-state index in [1.54, 1.807) is 19.2 Å². The molecule has 1 saturated heterocycles. The Balaban J connectivity index is 1.30. The smallest absolute Gasteiger partial charge is 0.242 e. The molecule has 2 aromatic carbocycles. The van der Waals surface area contributed by atoms with Crippen LogP contribution in [-0.2, 0) is 27.8 Å². The van der Waals surface area contributed by atoms with Gasteiger partial charge in [0.1, 0.15) is 5.75 Å². The molecule has 9 heteroatoms. The topological polar surface area (TPSA) is 96.2 Å². The number of hydrogen-bond acceptors (Lipinski definition) is 6. The normalized spacial score (nSPS) is 17.0. The third-order valence-electron chi connectivity index (χ3n) is 5.99. The zero-order chi connectivity index (χ0) is 22.0. The predicted molar refractivity (Wildman–Crippen MR) is 119 cm³/mol. The zero-order valence-corrected chi connectivity index (χ0v) is 18.5. The van der Waals surface area contributed by atoms with Crippen LogP contribution < -0.4 is 14.8 Å². The summed E-state index contributed by atoms with van der Waals surface area (Å²) in [6, 6.07) is 13.0. The van der Waals surface area contributed by atoms with Gasteiger partial charge < -0.3 is 14.5 Å². The number of nitrogens with two attached hydrogens (primary N) is 1. The minimum Gasteiger partial charge on any atom is -0.497 e. The van der Waals surface area contributed by atoms with Gasteiger partial charge in [0, 0.05) is 45.0 Å². The summed E-state index contributed by atoms with van der Waals surface area (Å²) >= 11 is 0. The van der Waals surface area contributed by atoms with Crippen molar-refractivity contribution in [1.29, 1.82) is 0 Å². The minimum absolute atomic E-state index is 0.104. The van der Waals surface area contributed by atoms with Gasteiger partial charge >= 0.3 is 0 Å². The van der Waals surface area contributed by atoms with Crippen LogP contribution in [0.5, 0.6) is 5.75 Å². The summed E-state index contributed by atoms with van der Waals surface area (Å²) in [5, 5.41) is 5.22. The first kappa shape index (κ1) is 21.6. The molecule has 1 fully saturated rings. The molecule has 2 aliphatic heterocycles. The van der Waals surface area contributed by atoms with Crippen molar-refractivity contribution in [3.05, 3.63) is 53.6 Å². The Morgan fingerprint density at radius 2 is 1.74 bits per heavy atom. The largest absolute Gasteiger partial charge is 0.497 e. The van der Waals surface area contributed by atoms with E-state index in [1.165, 1.54) is 11.6 Å². The number of primary sulfonamides is 1. The van der Waals surface area contributed by atoms with Crippen LogP contribution in [0.3, 0.4) is 0 Å². The molecule has 2 heterocycles. The number of piperazine rings is 1. The van der Waals surface area contributed by atoms with Crippen molar-refractivity contribution < 1.29 is 17.9 Å². The molecule has 2 aromatic rings. The molecule has 166 valence electrons. The van der Waals surface area contributed by atoms with Crippen molar-refractivity contribution in [3.8, 4) is 5.75 Å². The Kier molecular flexibility index (Phi) is 6.17. The molecule has 0 aliphatic carbocycles. The second-order valence-electron chi connectivity index (χ2n) is 8.01. The van der Waals surface area contributed by atoms with E-state index in [4.69, 9.17) is 9.88 Å². The standard InChI is InChI=1S/C22H28N4O4S/c1-30-19-4-2-17(3-5-19)15-24-10-12-25(13-11-24)22(27)16-26-9-8-18-14-20(31(23,28)29)6-7-21(18)26/h2-7,14H,8-13,15-16H2,1H3,(H2,23,28,29). The number of anilines is 1. The average Bonchev–Trinajstić information content (AvgIpc) is 3.16. The van der Waals surface area contributed by atoms with Gasteiger partial charge in [-0.1, -0.05) is 12.1 Å². The molecular weight excluding hydrogens is 416 g/mol. The fraction of sp³-hybridized carbons (Fsp3) is 0.409. The van der Waals surface area contributed by atoms with Gasteiger partial charge in [0.05, 0.1) is 18.6 Å². The second kappa shape index (κ2) is 8.86. The number of benzene rings is 2. The lowest BCUT2D eigenvalue weighted by Crippen LogP contribution is -2.50. The molecule has 4 rings (SSSR count). The molecule has 0 unspecified atom stereocenters. The van der Waals surface area contributed by atoms with Crippen LogP contribution in [0.2, 0.25) is 0 Å². The molecule has 0 atom stereocenters. The molecule has 2 N–H and O–H groups in total. The molecule has 0 bridgehead atoms.